The molecule has 1 N–H and O–H groups in total. The number of hydrogen-bond donors (Lipinski definition) is 1. The van der Waals surface area contributed by atoms with Gasteiger partial charge in [-0.25, -0.2) is 0 Å². The molecule has 4 nitrogen and oxygen atoms in total. The van der Waals surface area contributed by atoms with Gasteiger partial charge < -0.3 is 14.6 Å². The quantitative estimate of drug-likeness (QED) is 0.558. The molecular weight excluding hydrogens is 374 g/mol. The standard InChI is InChI=1S/C26H29NO3/c1-29-23-10-8-21(9-11-23)26-19-27(17-20-6-3-2-4-7-20)18-22-16-24(12-13-25(22)26)30-15-5-14-28/h2-4,6-13,16,26,28H,5,14-15,17-19H2,1H3. The first-order valence-corrected chi connectivity index (χ1v) is 10.5. The lowest BCUT2D eigenvalue weighted by molar-refractivity contribution is 0.226. The van der Waals surface area contributed by atoms with Crippen LogP contribution in [0.4, 0.5) is 0 Å². The van der Waals surface area contributed by atoms with Crippen molar-refractivity contribution in [2.45, 2.75) is 25.4 Å². The van der Waals surface area contributed by atoms with Crippen molar-refractivity contribution in [1.82, 2.24) is 4.90 Å². The number of fused-ring (bicyclic) bond motifs is 1. The summed E-state index contributed by atoms with van der Waals surface area (Å²) in [6, 6.07) is 25.5. The lowest BCUT2D eigenvalue weighted by Gasteiger charge is -2.35. The Morgan fingerprint density at radius 3 is 2.47 bits per heavy atom. The summed E-state index contributed by atoms with van der Waals surface area (Å²) < 4.78 is 11.2. The topological polar surface area (TPSA) is 41.9 Å². The Morgan fingerprint density at radius 2 is 1.73 bits per heavy atom. The molecule has 1 aliphatic rings. The molecule has 156 valence electrons. The van der Waals surface area contributed by atoms with Crippen molar-refractivity contribution in [3.05, 3.63) is 95.1 Å². The van der Waals surface area contributed by atoms with E-state index in [1.165, 1.54) is 22.3 Å². The zero-order valence-corrected chi connectivity index (χ0v) is 17.5. The summed E-state index contributed by atoms with van der Waals surface area (Å²) in [4.78, 5) is 2.50. The number of benzene rings is 3. The van der Waals surface area contributed by atoms with Crippen LogP contribution in [-0.4, -0.2) is 36.9 Å². The molecule has 1 atom stereocenters. The highest BCUT2D eigenvalue weighted by atomic mass is 16.5. The summed E-state index contributed by atoms with van der Waals surface area (Å²) in [5.74, 6) is 2.05. The van der Waals surface area contributed by atoms with Gasteiger partial charge in [0.05, 0.1) is 13.7 Å². The molecule has 30 heavy (non-hydrogen) atoms. The van der Waals surface area contributed by atoms with Crippen LogP contribution in [0.15, 0.2) is 72.8 Å². The van der Waals surface area contributed by atoms with Crippen molar-refractivity contribution >= 4 is 0 Å². The van der Waals surface area contributed by atoms with E-state index in [4.69, 9.17) is 14.6 Å². The predicted octanol–water partition coefficient (Wildman–Crippen LogP) is 4.60. The Bertz CT molecular complexity index is 940. The second-order valence-corrected chi connectivity index (χ2v) is 7.77. The number of rotatable bonds is 8. The van der Waals surface area contributed by atoms with Crippen LogP contribution in [-0.2, 0) is 13.1 Å². The van der Waals surface area contributed by atoms with Gasteiger partial charge >= 0.3 is 0 Å². The van der Waals surface area contributed by atoms with Crippen LogP contribution in [0.25, 0.3) is 0 Å². The fraction of sp³-hybridized carbons (Fsp3) is 0.308. The van der Waals surface area contributed by atoms with Crippen LogP contribution in [0.3, 0.4) is 0 Å². The third-order valence-electron chi connectivity index (χ3n) is 5.66. The molecule has 0 saturated carbocycles. The first-order valence-electron chi connectivity index (χ1n) is 10.5. The second-order valence-electron chi connectivity index (χ2n) is 7.77. The summed E-state index contributed by atoms with van der Waals surface area (Å²) in [5.41, 5.74) is 5.28. The number of aliphatic hydroxyl groups is 1. The molecule has 0 fully saturated rings. The highest BCUT2D eigenvalue weighted by Gasteiger charge is 2.27. The molecule has 3 aromatic rings. The van der Waals surface area contributed by atoms with E-state index in [1.54, 1.807) is 7.11 Å². The van der Waals surface area contributed by atoms with Gasteiger partial charge in [0.25, 0.3) is 0 Å². The third-order valence-corrected chi connectivity index (χ3v) is 5.66. The van der Waals surface area contributed by atoms with Gasteiger partial charge in [-0.2, -0.15) is 0 Å². The molecule has 0 bridgehead atoms. The van der Waals surface area contributed by atoms with Gasteiger partial charge in [-0.05, 0) is 46.5 Å². The lowest BCUT2D eigenvalue weighted by atomic mass is 9.84. The Kier molecular flexibility index (Phi) is 6.67. The minimum Gasteiger partial charge on any atom is -0.497 e. The first-order chi connectivity index (χ1) is 14.8. The third kappa shape index (κ3) is 4.84. The van der Waals surface area contributed by atoms with Crippen LogP contribution < -0.4 is 9.47 Å². The molecule has 3 aromatic carbocycles. The van der Waals surface area contributed by atoms with Crippen LogP contribution in [0.2, 0.25) is 0 Å². The number of ether oxygens (including phenoxy) is 2. The summed E-state index contributed by atoms with van der Waals surface area (Å²) in [7, 11) is 1.70. The zero-order chi connectivity index (χ0) is 20.8. The molecule has 0 aromatic heterocycles. The monoisotopic (exact) mass is 403 g/mol. The van der Waals surface area contributed by atoms with Gasteiger partial charge in [-0.1, -0.05) is 48.5 Å². The SMILES string of the molecule is COc1ccc(C2CN(Cc3ccccc3)Cc3cc(OCCCO)ccc32)cc1. The molecule has 4 heteroatoms. The smallest absolute Gasteiger partial charge is 0.119 e. The van der Waals surface area contributed by atoms with Crippen LogP contribution in [0.1, 0.15) is 34.6 Å². The zero-order valence-electron chi connectivity index (χ0n) is 17.5. The van der Waals surface area contributed by atoms with Crippen LogP contribution in [0.5, 0.6) is 11.5 Å². The van der Waals surface area contributed by atoms with E-state index in [9.17, 15) is 0 Å². The van der Waals surface area contributed by atoms with Crippen molar-refractivity contribution in [3.8, 4) is 11.5 Å². The highest BCUT2D eigenvalue weighted by molar-refractivity contribution is 5.45. The summed E-state index contributed by atoms with van der Waals surface area (Å²) in [6.07, 6.45) is 0.645. The van der Waals surface area contributed by atoms with Crippen molar-refractivity contribution in [2.24, 2.45) is 0 Å². The fourth-order valence-electron chi connectivity index (χ4n) is 4.15. The maximum atomic E-state index is 9.01. The first kappa shape index (κ1) is 20.5. The maximum absolute atomic E-state index is 9.01. The van der Waals surface area contributed by atoms with Crippen LogP contribution in [0, 0.1) is 0 Å². The van der Waals surface area contributed by atoms with Gasteiger partial charge in [0.1, 0.15) is 11.5 Å². The van der Waals surface area contributed by atoms with E-state index in [0.717, 1.165) is 31.1 Å². The average molecular weight is 404 g/mol. The van der Waals surface area contributed by atoms with Crippen molar-refractivity contribution < 1.29 is 14.6 Å². The van der Waals surface area contributed by atoms with E-state index in [1.807, 2.05) is 12.1 Å². The Labute approximate surface area is 178 Å². The molecule has 4 rings (SSSR count). The van der Waals surface area contributed by atoms with Gasteiger partial charge in [0.2, 0.25) is 0 Å². The number of hydrogen-bond acceptors (Lipinski definition) is 4. The molecule has 1 heterocycles. The van der Waals surface area contributed by atoms with E-state index in [0.29, 0.717) is 18.9 Å². The van der Waals surface area contributed by atoms with E-state index >= 15 is 0 Å². The molecule has 0 saturated heterocycles. The summed E-state index contributed by atoms with van der Waals surface area (Å²) in [5, 5.41) is 9.01. The lowest BCUT2D eigenvalue weighted by Crippen LogP contribution is -2.33. The number of aliphatic hydroxyl groups excluding tert-OH is 1. The summed E-state index contributed by atoms with van der Waals surface area (Å²) >= 11 is 0. The Hall–Kier alpha value is -2.82. The molecule has 1 unspecified atom stereocenters. The minimum absolute atomic E-state index is 0.148. The maximum Gasteiger partial charge on any atom is 0.119 e. The predicted molar refractivity (Wildman–Crippen MR) is 119 cm³/mol. The average Bonchev–Trinajstić information content (AvgIpc) is 2.79. The normalized spacial score (nSPS) is 16.1. The fourth-order valence-corrected chi connectivity index (χ4v) is 4.15. The Balaban J connectivity index is 1.62. The molecule has 1 aliphatic heterocycles. The molecule has 0 spiro atoms. The van der Waals surface area contributed by atoms with E-state index in [-0.39, 0.29) is 6.61 Å². The number of methoxy groups -OCH3 is 1. The van der Waals surface area contributed by atoms with Crippen molar-refractivity contribution in [2.75, 3.05) is 26.9 Å². The minimum atomic E-state index is 0.148. The Morgan fingerprint density at radius 1 is 0.967 bits per heavy atom. The van der Waals surface area contributed by atoms with E-state index < -0.39 is 0 Å². The van der Waals surface area contributed by atoms with Crippen LogP contribution >= 0.6 is 0 Å². The van der Waals surface area contributed by atoms with Gasteiger partial charge in [0, 0.05) is 38.6 Å². The van der Waals surface area contributed by atoms with Gasteiger partial charge in [-0.3, -0.25) is 4.90 Å². The molecule has 0 amide bonds. The van der Waals surface area contributed by atoms with Crippen molar-refractivity contribution in [3.63, 3.8) is 0 Å². The van der Waals surface area contributed by atoms with Gasteiger partial charge in [-0.15, -0.1) is 0 Å². The largest absolute Gasteiger partial charge is 0.497 e. The van der Waals surface area contributed by atoms with Gasteiger partial charge in [0.15, 0.2) is 0 Å². The molecular formula is C26H29NO3. The summed E-state index contributed by atoms with van der Waals surface area (Å²) in [6.45, 7) is 3.47. The second kappa shape index (κ2) is 9.79. The van der Waals surface area contributed by atoms with Crippen molar-refractivity contribution in [1.29, 1.82) is 0 Å². The number of nitrogens with zero attached hydrogens (tertiary/aromatic N) is 1. The van der Waals surface area contributed by atoms with E-state index in [2.05, 4.69) is 65.6 Å². The molecule has 0 aliphatic carbocycles. The highest BCUT2D eigenvalue weighted by Crippen LogP contribution is 2.36. The molecule has 0 radical (unpaired) electrons.